The van der Waals surface area contributed by atoms with Gasteiger partial charge in [-0.3, -0.25) is 9.78 Å². The van der Waals surface area contributed by atoms with Gasteiger partial charge >= 0.3 is 0 Å². The van der Waals surface area contributed by atoms with Crippen LogP contribution in [0.3, 0.4) is 0 Å². The highest BCUT2D eigenvalue weighted by molar-refractivity contribution is 9.10. The number of aromatic nitrogens is 1. The van der Waals surface area contributed by atoms with E-state index in [0.717, 1.165) is 47.2 Å². The van der Waals surface area contributed by atoms with Crippen LogP contribution in [0.5, 0.6) is 0 Å². The molecule has 0 spiro atoms. The number of piperazine rings is 1. The molecule has 1 saturated heterocycles. The predicted octanol–water partition coefficient (Wildman–Crippen LogP) is 2.97. The molecular formula is C16H18BrN3O. The number of benzene rings is 1. The lowest BCUT2D eigenvalue weighted by Gasteiger charge is -2.36. The first-order valence-electron chi connectivity index (χ1n) is 7.12. The van der Waals surface area contributed by atoms with Gasteiger partial charge in [0.1, 0.15) is 0 Å². The zero-order chi connectivity index (χ0) is 15.0. The van der Waals surface area contributed by atoms with Crippen LogP contribution >= 0.6 is 15.9 Å². The first-order chi connectivity index (χ1) is 10.0. The van der Waals surface area contributed by atoms with Gasteiger partial charge in [0.2, 0.25) is 5.91 Å². The Bertz CT molecular complexity index is 693. The minimum absolute atomic E-state index is 0.160. The number of amides is 1. The standard InChI is InChI=1S/C16H18BrN3O/c1-11-9-16(14-10-13(17)3-4-15(14)18-11)20-7-5-19(6-8-20)12(2)21/h3-4,9-10H,5-8H2,1-2H3. The molecule has 0 saturated carbocycles. The van der Waals surface area contributed by atoms with Gasteiger partial charge in [0, 0.05) is 54.3 Å². The van der Waals surface area contributed by atoms with Gasteiger partial charge in [0.05, 0.1) is 5.52 Å². The third-order valence-corrected chi connectivity index (χ3v) is 4.44. The number of halogens is 1. The Morgan fingerprint density at radius 1 is 1.19 bits per heavy atom. The molecule has 1 amide bonds. The number of hydrogen-bond acceptors (Lipinski definition) is 3. The lowest BCUT2D eigenvalue weighted by molar-refractivity contribution is -0.129. The molecule has 2 aromatic rings. The minimum Gasteiger partial charge on any atom is -0.367 e. The number of rotatable bonds is 1. The monoisotopic (exact) mass is 347 g/mol. The van der Waals surface area contributed by atoms with Crippen molar-refractivity contribution >= 4 is 38.4 Å². The Balaban J connectivity index is 1.97. The molecule has 0 aliphatic carbocycles. The summed E-state index contributed by atoms with van der Waals surface area (Å²) >= 11 is 3.54. The van der Waals surface area contributed by atoms with Gasteiger partial charge in [-0.2, -0.15) is 0 Å². The zero-order valence-electron chi connectivity index (χ0n) is 12.3. The molecule has 0 N–H and O–H groups in total. The minimum atomic E-state index is 0.160. The largest absolute Gasteiger partial charge is 0.367 e. The van der Waals surface area contributed by atoms with Gasteiger partial charge in [-0.25, -0.2) is 0 Å². The van der Waals surface area contributed by atoms with Gasteiger partial charge in [-0.1, -0.05) is 15.9 Å². The molecule has 2 heterocycles. The SMILES string of the molecule is CC(=O)N1CCN(c2cc(C)nc3ccc(Br)cc23)CC1. The van der Waals surface area contributed by atoms with Gasteiger partial charge in [0.15, 0.2) is 0 Å². The summed E-state index contributed by atoms with van der Waals surface area (Å²) in [5.41, 5.74) is 3.25. The summed E-state index contributed by atoms with van der Waals surface area (Å²) in [6.45, 7) is 6.96. The maximum atomic E-state index is 11.4. The summed E-state index contributed by atoms with van der Waals surface area (Å²) in [5.74, 6) is 0.160. The number of anilines is 1. The van der Waals surface area contributed by atoms with Crippen molar-refractivity contribution in [2.75, 3.05) is 31.1 Å². The van der Waals surface area contributed by atoms with Crippen LogP contribution in [0.4, 0.5) is 5.69 Å². The van der Waals surface area contributed by atoms with E-state index in [1.165, 1.54) is 5.69 Å². The Labute approximate surface area is 132 Å². The summed E-state index contributed by atoms with van der Waals surface area (Å²) in [6.07, 6.45) is 0. The van der Waals surface area contributed by atoms with Gasteiger partial charge < -0.3 is 9.80 Å². The van der Waals surface area contributed by atoms with Gasteiger partial charge in [-0.15, -0.1) is 0 Å². The quantitative estimate of drug-likeness (QED) is 0.795. The van der Waals surface area contributed by atoms with Crippen molar-refractivity contribution in [2.45, 2.75) is 13.8 Å². The molecule has 1 aliphatic heterocycles. The van der Waals surface area contributed by atoms with E-state index in [1.54, 1.807) is 6.92 Å². The van der Waals surface area contributed by atoms with Crippen molar-refractivity contribution in [1.29, 1.82) is 0 Å². The van der Waals surface area contributed by atoms with Crippen LogP contribution in [0.25, 0.3) is 10.9 Å². The van der Waals surface area contributed by atoms with E-state index in [4.69, 9.17) is 0 Å². The van der Waals surface area contributed by atoms with Crippen molar-refractivity contribution in [3.63, 3.8) is 0 Å². The highest BCUT2D eigenvalue weighted by atomic mass is 79.9. The molecule has 1 aliphatic rings. The summed E-state index contributed by atoms with van der Waals surface area (Å²) in [7, 11) is 0. The average molecular weight is 348 g/mol. The van der Waals surface area contributed by atoms with Crippen molar-refractivity contribution < 1.29 is 4.79 Å². The molecule has 0 unspecified atom stereocenters. The Kier molecular flexibility index (Phi) is 3.85. The summed E-state index contributed by atoms with van der Waals surface area (Å²) in [4.78, 5) is 20.3. The lowest BCUT2D eigenvalue weighted by Crippen LogP contribution is -2.48. The van der Waals surface area contributed by atoms with Gasteiger partial charge in [0.25, 0.3) is 0 Å². The molecule has 5 heteroatoms. The van der Waals surface area contributed by atoms with E-state index in [9.17, 15) is 4.79 Å². The predicted molar refractivity (Wildman–Crippen MR) is 88.6 cm³/mol. The van der Waals surface area contributed by atoms with Crippen LogP contribution in [0.2, 0.25) is 0 Å². The van der Waals surface area contributed by atoms with Crippen LogP contribution in [0.15, 0.2) is 28.7 Å². The Morgan fingerprint density at radius 2 is 1.90 bits per heavy atom. The molecule has 0 bridgehead atoms. The third-order valence-electron chi connectivity index (χ3n) is 3.94. The van der Waals surface area contributed by atoms with E-state index >= 15 is 0 Å². The van der Waals surface area contributed by atoms with E-state index in [0.29, 0.717) is 0 Å². The molecule has 1 fully saturated rings. The van der Waals surface area contributed by atoms with Crippen LogP contribution in [0.1, 0.15) is 12.6 Å². The lowest BCUT2D eigenvalue weighted by atomic mass is 10.1. The number of hydrogen-bond donors (Lipinski definition) is 0. The number of carbonyl (C=O) groups is 1. The first kappa shape index (κ1) is 14.3. The topological polar surface area (TPSA) is 36.4 Å². The van der Waals surface area contributed by atoms with E-state index < -0.39 is 0 Å². The first-order valence-corrected chi connectivity index (χ1v) is 7.91. The Hall–Kier alpha value is -1.62. The summed E-state index contributed by atoms with van der Waals surface area (Å²) < 4.78 is 1.06. The number of nitrogens with zero attached hydrogens (tertiary/aromatic N) is 3. The fourth-order valence-corrected chi connectivity index (χ4v) is 3.19. The van der Waals surface area contributed by atoms with Gasteiger partial charge in [-0.05, 0) is 31.2 Å². The number of fused-ring (bicyclic) bond motifs is 1. The molecule has 21 heavy (non-hydrogen) atoms. The van der Waals surface area contributed by atoms with E-state index in [1.807, 2.05) is 24.0 Å². The third kappa shape index (κ3) is 2.88. The fraction of sp³-hybridized carbons (Fsp3) is 0.375. The highest BCUT2D eigenvalue weighted by Crippen LogP contribution is 2.30. The summed E-state index contributed by atoms with van der Waals surface area (Å²) in [6, 6.07) is 8.32. The van der Waals surface area contributed by atoms with Crippen molar-refractivity contribution in [3.8, 4) is 0 Å². The molecule has 4 nitrogen and oxygen atoms in total. The second-order valence-electron chi connectivity index (χ2n) is 5.44. The molecule has 3 rings (SSSR count). The van der Waals surface area contributed by atoms with E-state index in [2.05, 4.69) is 37.9 Å². The average Bonchev–Trinajstić information content (AvgIpc) is 2.47. The van der Waals surface area contributed by atoms with Crippen molar-refractivity contribution in [1.82, 2.24) is 9.88 Å². The van der Waals surface area contributed by atoms with Crippen LogP contribution in [0, 0.1) is 6.92 Å². The molecular weight excluding hydrogens is 330 g/mol. The fourth-order valence-electron chi connectivity index (χ4n) is 2.83. The van der Waals surface area contributed by atoms with E-state index in [-0.39, 0.29) is 5.91 Å². The smallest absolute Gasteiger partial charge is 0.219 e. The molecule has 110 valence electrons. The van der Waals surface area contributed by atoms with Crippen LogP contribution in [-0.4, -0.2) is 42.0 Å². The zero-order valence-corrected chi connectivity index (χ0v) is 13.9. The molecule has 1 aromatic carbocycles. The maximum Gasteiger partial charge on any atom is 0.219 e. The second kappa shape index (κ2) is 5.64. The molecule has 0 radical (unpaired) electrons. The van der Waals surface area contributed by atoms with Crippen molar-refractivity contribution in [3.05, 3.63) is 34.4 Å². The van der Waals surface area contributed by atoms with Crippen LogP contribution in [-0.2, 0) is 4.79 Å². The second-order valence-corrected chi connectivity index (χ2v) is 6.35. The molecule has 1 aromatic heterocycles. The summed E-state index contributed by atoms with van der Waals surface area (Å²) in [5, 5.41) is 1.16. The highest BCUT2D eigenvalue weighted by Gasteiger charge is 2.20. The van der Waals surface area contributed by atoms with Crippen molar-refractivity contribution in [2.24, 2.45) is 0 Å². The molecule has 0 atom stereocenters. The number of pyridine rings is 1. The Morgan fingerprint density at radius 3 is 2.57 bits per heavy atom. The normalized spacial score (nSPS) is 15.6. The van der Waals surface area contributed by atoms with Crippen LogP contribution < -0.4 is 4.90 Å². The number of aryl methyl sites for hydroxylation is 1. The number of carbonyl (C=O) groups excluding carboxylic acids is 1. The maximum absolute atomic E-state index is 11.4.